The zero-order valence-corrected chi connectivity index (χ0v) is 13.1. The van der Waals surface area contributed by atoms with Gasteiger partial charge in [0.15, 0.2) is 0 Å². The van der Waals surface area contributed by atoms with E-state index in [-0.39, 0.29) is 6.10 Å². The third-order valence-corrected chi connectivity index (χ3v) is 4.25. The van der Waals surface area contributed by atoms with E-state index in [4.69, 9.17) is 4.74 Å². The normalized spacial score (nSPS) is 18.2. The molecule has 1 aliphatic heterocycles. The van der Waals surface area contributed by atoms with Gasteiger partial charge >= 0.3 is 0 Å². The maximum absolute atomic E-state index is 10.8. The second-order valence-electron chi connectivity index (χ2n) is 6.21. The van der Waals surface area contributed by atoms with Gasteiger partial charge in [0, 0.05) is 6.42 Å². The van der Waals surface area contributed by atoms with E-state index in [0.717, 1.165) is 34.4 Å². The molecule has 0 radical (unpaired) electrons. The highest BCUT2D eigenvalue weighted by atomic mass is 16.5. The summed E-state index contributed by atoms with van der Waals surface area (Å²) in [5.41, 5.74) is 6.68. The van der Waals surface area contributed by atoms with Gasteiger partial charge < -0.3 is 9.84 Å². The number of hydrogen-bond acceptors (Lipinski definition) is 2. The molecule has 2 heteroatoms. The molecule has 0 saturated carbocycles. The minimum atomic E-state index is -0.577. The van der Waals surface area contributed by atoms with Crippen molar-refractivity contribution in [2.45, 2.75) is 46.3 Å². The van der Waals surface area contributed by atoms with Gasteiger partial charge in [-0.05, 0) is 67.6 Å². The Morgan fingerprint density at radius 1 is 1.10 bits per heavy atom. The van der Waals surface area contributed by atoms with Gasteiger partial charge in [0.1, 0.15) is 18.0 Å². The molecule has 0 spiro atoms. The van der Waals surface area contributed by atoms with Gasteiger partial charge in [-0.1, -0.05) is 23.8 Å². The predicted molar refractivity (Wildman–Crippen MR) is 85.0 cm³/mol. The van der Waals surface area contributed by atoms with Crippen LogP contribution in [0.3, 0.4) is 0 Å². The van der Waals surface area contributed by atoms with E-state index in [1.807, 2.05) is 12.1 Å². The van der Waals surface area contributed by atoms with Crippen LogP contribution in [0.4, 0.5) is 0 Å². The van der Waals surface area contributed by atoms with Crippen LogP contribution in [0.2, 0.25) is 0 Å². The summed E-state index contributed by atoms with van der Waals surface area (Å²) in [6.07, 6.45) is 0.573. The number of aryl methyl sites for hydroxylation is 3. The average Bonchev–Trinajstić information content (AvgIpc) is 2.76. The van der Waals surface area contributed by atoms with E-state index in [9.17, 15) is 5.11 Å². The van der Waals surface area contributed by atoms with E-state index in [1.165, 1.54) is 11.1 Å². The molecule has 0 saturated heterocycles. The second kappa shape index (κ2) is 5.19. The second-order valence-corrected chi connectivity index (χ2v) is 6.21. The Labute approximate surface area is 126 Å². The van der Waals surface area contributed by atoms with Crippen LogP contribution in [0.15, 0.2) is 30.3 Å². The first kappa shape index (κ1) is 14.2. The van der Waals surface area contributed by atoms with E-state index in [0.29, 0.717) is 0 Å². The quantitative estimate of drug-likeness (QED) is 0.901. The van der Waals surface area contributed by atoms with Gasteiger partial charge in [-0.15, -0.1) is 0 Å². The summed E-state index contributed by atoms with van der Waals surface area (Å²) < 4.78 is 5.73. The molecule has 0 aromatic heterocycles. The maximum Gasteiger partial charge on any atom is 0.123 e. The van der Waals surface area contributed by atoms with Crippen molar-refractivity contribution >= 4 is 0 Å². The van der Waals surface area contributed by atoms with Crippen LogP contribution in [-0.2, 0) is 6.42 Å². The monoisotopic (exact) mass is 282 g/mol. The molecule has 0 amide bonds. The molecule has 1 heterocycles. The maximum atomic E-state index is 10.8. The lowest BCUT2D eigenvalue weighted by Gasteiger charge is -2.18. The number of aliphatic hydroxyl groups is 1. The van der Waals surface area contributed by atoms with Crippen LogP contribution in [0.1, 0.15) is 46.4 Å². The Hall–Kier alpha value is -1.80. The van der Waals surface area contributed by atoms with Crippen LogP contribution in [-0.4, -0.2) is 11.2 Å². The Kier molecular flexibility index (Phi) is 3.50. The molecule has 21 heavy (non-hydrogen) atoms. The predicted octanol–water partition coefficient (Wildman–Crippen LogP) is 4.02. The van der Waals surface area contributed by atoms with Crippen molar-refractivity contribution in [1.82, 2.24) is 0 Å². The minimum absolute atomic E-state index is 0.232. The topological polar surface area (TPSA) is 29.5 Å². The SMILES string of the molecule is Cc1cc(C)c(C(O)c2ccc3c(c2)CC(C)O3)c(C)c1. The number of hydrogen-bond donors (Lipinski definition) is 1. The molecular formula is C19H22O2. The summed E-state index contributed by atoms with van der Waals surface area (Å²) >= 11 is 0. The van der Waals surface area contributed by atoms with Crippen molar-refractivity contribution < 1.29 is 9.84 Å². The molecule has 0 aliphatic carbocycles. The fourth-order valence-electron chi connectivity index (χ4n) is 3.40. The van der Waals surface area contributed by atoms with Crippen LogP contribution < -0.4 is 4.74 Å². The molecule has 2 aromatic rings. The van der Waals surface area contributed by atoms with E-state index < -0.39 is 6.10 Å². The van der Waals surface area contributed by atoms with Crippen LogP contribution in [0.25, 0.3) is 0 Å². The standard InChI is InChI=1S/C19H22O2/c1-11-7-12(2)18(13(3)8-11)19(20)15-5-6-17-16(10-15)9-14(4)21-17/h5-8,10,14,19-20H,9H2,1-4H3. The van der Waals surface area contributed by atoms with Crippen molar-refractivity contribution in [1.29, 1.82) is 0 Å². The zero-order chi connectivity index (χ0) is 15.1. The van der Waals surface area contributed by atoms with E-state index in [1.54, 1.807) is 0 Å². The molecule has 2 nitrogen and oxygen atoms in total. The number of rotatable bonds is 2. The Balaban J connectivity index is 2.00. The molecule has 1 aliphatic rings. The van der Waals surface area contributed by atoms with E-state index in [2.05, 4.69) is 45.9 Å². The molecule has 2 unspecified atom stereocenters. The lowest BCUT2D eigenvalue weighted by atomic mass is 9.91. The molecule has 2 atom stereocenters. The van der Waals surface area contributed by atoms with Gasteiger partial charge in [-0.2, -0.15) is 0 Å². The fraction of sp³-hybridized carbons (Fsp3) is 0.368. The average molecular weight is 282 g/mol. The first-order valence-corrected chi connectivity index (χ1v) is 7.51. The fourth-order valence-corrected chi connectivity index (χ4v) is 3.40. The summed E-state index contributed by atoms with van der Waals surface area (Å²) in [5, 5.41) is 10.8. The van der Waals surface area contributed by atoms with Crippen molar-refractivity contribution in [2.24, 2.45) is 0 Å². The van der Waals surface area contributed by atoms with Crippen molar-refractivity contribution in [2.75, 3.05) is 0 Å². The summed E-state index contributed by atoms with van der Waals surface area (Å²) in [4.78, 5) is 0. The number of fused-ring (bicyclic) bond motifs is 1. The minimum Gasteiger partial charge on any atom is -0.490 e. The number of aliphatic hydroxyl groups excluding tert-OH is 1. The summed E-state index contributed by atoms with van der Waals surface area (Å²) in [7, 11) is 0. The Bertz CT molecular complexity index is 665. The Morgan fingerprint density at radius 3 is 2.43 bits per heavy atom. The Morgan fingerprint density at radius 2 is 1.76 bits per heavy atom. The van der Waals surface area contributed by atoms with Gasteiger partial charge in [0.2, 0.25) is 0 Å². The van der Waals surface area contributed by atoms with Crippen molar-refractivity contribution in [3.63, 3.8) is 0 Å². The number of benzene rings is 2. The molecule has 1 N–H and O–H groups in total. The summed E-state index contributed by atoms with van der Waals surface area (Å²) in [6.45, 7) is 8.29. The highest BCUT2D eigenvalue weighted by Gasteiger charge is 2.22. The van der Waals surface area contributed by atoms with Crippen molar-refractivity contribution in [3.05, 3.63) is 63.7 Å². The van der Waals surface area contributed by atoms with Crippen LogP contribution >= 0.6 is 0 Å². The van der Waals surface area contributed by atoms with Crippen LogP contribution in [0.5, 0.6) is 5.75 Å². The lowest BCUT2D eigenvalue weighted by molar-refractivity contribution is 0.218. The third kappa shape index (κ3) is 2.56. The van der Waals surface area contributed by atoms with Gasteiger partial charge in [0.05, 0.1) is 0 Å². The summed E-state index contributed by atoms with van der Waals surface area (Å²) in [6, 6.07) is 10.3. The van der Waals surface area contributed by atoms with Gasteiger partial charge in [0.25, 0.3) is 0 Å². The highest BCUT2D eigenvalue weighted by molar-refractivity contribution is 5.47. The van der Waals surface area contributed by atoms with Crippen LogP contribution in [0, 0.1) is 20.8 Å². The van der Waals surface area contributed by atoms with Crippen molar-refractivity contribution in [3.8, 4) is 5.75 Å². The number of ether oxygens (including phenoxy) is 1. The first-order valence-electron chi connectivity index (χ1n) is 7.51. The first-order chi connectivity index (χ1) is 9.95. The summed E-state index contributed by atoms with van der Waals surface area (Å²) in [5.74, 6) is 0.954. The van der Waals surface area contributed by atoms with E-state index >= 15 is 0 Å². The highest BCUT2D eigenvalue weighted by Crippen LogP contribution is 2.34. The molecule has 110 valence electrons. The zero-order valence-electron chi connectivity index (χ0n) is 13.1. The molecular weight excluding hydrogens is 260 g/mol. The lowest BCUT2D eigenvalue weighted by Crippen LogP contribution is -2.06. The van der Waals surface area contributed by atoms with Gasteiger partial charge in [-0.25, -0.2) is 0 Å². The molecule has 3 rings (SSSR count). The molecule has 0 fully saturated rings. The third-order valence-electron chi connectivity index (χ3n) is 4.25. The van der Waals surface area contributed by atoms with Gasteiger partial charge in [-0.3, -0.25) is 0 Å². The smallest absolute Gasteiger partial charge is 0.123 e. The molecule has 0 bridgehead atoms. The molecule has 2 aromatic carbocycles. The largest absolute Gasteiger partial charge is 0.490 e.